The van der Waals surface area contributed by atoms with Crippen molar-refractivity contribution in [1.29, 1.82) is 0 Å². The highest BCUT2D eigenvalue weighted by Crippen LogP contribution is 2.02. The van der Waals surface area contributed by atoms with Gasteiger partial charge in [-0.1, -0.05) is 38.8 Å². The van der Waals surface area contributed by atoms with E-state index < -0.39 is 0 Å². The van der Waals surface area contributed by atoms with Gasteiger partial charge in [0.2, 0.25) is 0 Å². The molecule has 0 radical (unpaired) electrons. The van der Waals surface area contributed by atoms with Crippen LogP contribution in [-0.2, 0) is 0 Å². The summed E-state index contributed by atoms with van der Waals surface area (Å²) in [7, 11) is 2.18. The number of rotatable bonds is 10. The summed E-state index contributed by atoms with van der Waals surface area (Å²) < 4.78 is 0. The van der Waals surface area contributed by atoms with Crippen LogP contribution in [0.5, 0.6) is 0 Å². The van der Waals surface area contributed by atoms with Gasteiger partial charge in [0.25, 0.3) is 0 Å². The van der Waals surface area contributed by atoms with Crippen LogP contribution in [0.2, 0.25) is 0 Å². The molecule has 0 aliphatic carbocycles. The Morgan fingerprint density at radius 1 is 1.19 bits per heavy atom. The molecule has 96 valence electrons. The normalized spacial score (nSPS) is 11.4. The number of hydrogen-bond acceptors (Lipinski definition) is 2. The Balaban J connectivity index is 3.17. The van der Waals surface area contributed by atoms with Crippen molar-refractivity contribution >= 4 is 0 Å². The zero-order valence-corrected chi connectivity index (χ0v) is 11.7. The molecule has 0 saturated carbocycles. The molecule has 2 heteroatoms. The maximum atomic E-state index is 3.93. The van der Waals surface area contributed by atoms with Crippen molar-refractivity contribution in [2.45, 2.75) is 52.5 Å². The van der Waals surface area contributed by atoms with E-state index in [0.29, 0.717) is 6.04 Å². The van der Waals surface area contributed by atoms with Crippen LogP contribution in [0.15, 0.2) is 12.2 Å². The fraction of sp³-hybridized carbons (Fsp3) is 0.857. The van der Waals surface area contributed by atoms with Crippen molar-refractivity contribution in [1.82, 2.24) is 10.2 Å². The monoisotopic (exact) mass is 226 g/mol. The van der Waals surface area contributed by atoms with E-state index in [2.05, 4.69) is 44.6 Å². The van der Waals surface area contributed by atoms with Crippen molar-refractivity contribution in [2.75, 3.05) is 26.7 Å². The molecule has 2 nitrogen and oxygen atoms in total. The fourth-order valence-corrected chi connectivity index (χ4v) is 1.79. The van der Waals surface area contributed by atoms with E-state index in [0.717, 1.165) is 6.54 Å². The number of hydrogen-bond donors (Lipinski definition) is 1. The molecule has 0 aromatic carbocycles. The van der Waals surface area contributed by atoms with Crippen LogP contribution in [0, 0.1) is 0 Å². The molecular formula is C14H30N2. The fourth-order valence-electron chi connectivity index (χ4n) is 1.79. The summed E-state index contributed by atoms with van der Waals surface area (Å²) in [6.07, 6.45) is 5.31. The van der Waals surface area contributed by atoms with Gasteiger partial charge in [-0.25, -0.2) is 0 Å². The highest BCUT2D eigenvalue weighted by molar-refractivity contribution is 4.90. The van der Waals surface area contributed by atoms with Gasteiger partial charge < -0.3 is 10.2 Å². The molecule has 0 aromatic rings. The Bertz CT molecular complexity index is 176. The SMILES string of the molecule is C=C(C)CN(C)CCCCCCNC(C)C. The third kappa shape index (κ3) is 11.7. The van der Waals surface area contributed by atoms with Crippen LogP contribution in [0.1, 0.15) is 46.5 Å². The maximum Gasteiger partial charge on any atom is 0.0184 e. The first kappa shape index (κ1) is 15.7. The number of nitrogens with one attached hydrogen (secondary N) is 1. The molecule has 0 aromatic heterocycles. The average molecular weight is 226 g/mol. The minimum absolute atomic E-state index is 0.627. The minimum atomic E-state index is 0.627. The zero-order chi connectivity index (χ0) is 12.4. The van der Waals surface area contributed by atoms with Gasteiger partial charge in [-0.2, -0.15) is 0 Å². The predicted molar refractivity (Wildman–Crippen MR) is 73.9 cm³/mol. The highest BCUT2D eigenvalue weighted by atomic mass is 15.1. The molecule has 0 rings (SSSR count). The van der Waals surface area contributed by atoms with Crippen LogP contribution in [0.25, 0.3) is 0 Å². The second kappa shape index (κ2) is 9.86. The van der Waals surface area contributed by atoms with Crippen molar-refractivity contribution < 1.29 is 0 Å². The van der Waals surface area contributed by atoms with E-state index in [1.54, 1.807) is 0 Å². The topological polar surface area (TPSA) is 15.3 Å². The van der Waals surface area contributed by atoms with E-state index in [9.17, 15) is 0 Å². The quantitative estimate of drug-likeness (QED) is 0.455. The van der Waals surface area contributed by atoms with E-state index in [4.69, 9.17) is 0 Å². The Labute approximate surface area is 102 Å². The summed E-state index contributed by atoms with van der Waals surface area (Å²) in [5.41, 5.74) is 1.25. The highest BCUT2D eigenvalue weighted by Gasteiger charge is 1.98. The molecule has 0 fully saturated rings. The zero-order valence-electron chi connectivity index (χ0n) is 11.7. The van der Waals surface area contributed by atoms with Crippen molar-refractivity contribution in [3.63, 3.8) is 0 Å². The second-order valence-electron chi connectivity index (χ2n) is 5.22. The van der Waals surface area contributed by atoms with Crippen LogP contribution < -0.4 is 5.32 Å². The first-order valence-corrected chi connectivity index (χ1v) is 6.58. The van der Waals surface area contributed by atoms with Crippen LogP contribution in [0.4, 0.5) is 0 Å². The Kier molecular flexibility index (Phi) is 9.65. The largest absolute Gasteiger partial charge is 0.315 e. The van der Waals surface area contributed by atoms with Crippen LogP contribution in [-0.4, -0.2) is 37.6 Å². The maximum absolute atomic E-state index is 3.93. The molecule has 1 N–H and O–H groups in total. The van der Waals surface area contributed by atoms with Gasteiger partial charge in [-0.15, -0.1) is 0 Å². The lowest BCUT2D eigenvalue weighted by Crippen LogP contribution is -2.23. The summed E-state index contributed by atoms with van der Waals surface area (Å²) in [4.78, 5) is 2.36. The number of nitrogens with zero attached hydrogens (tertiary/aromatic N) is 1. The van der Waals surface area contributed by atoms with Gasteiger partial charge in [0.1, 0.15) is 0 Å². The Morgan fingerprint density at radius 2 is 1.81 bits per heavy atom. The second-order valence-corrected chi connectivity index (χ2v) is 5.22. The van der Waals surface area contributed by atoms with Gasteiger partial charge in [0.15, 0.2) is 0 Å². The first-order valence-electron chi connectivity index (χ1n) is 6.58. The molecule has 0 bridgehead atoms. The van der Waals surface area contributed by atoms with Gasteiger partial charge >= 0.3 is 0 Å². The van der Waals surface area contributed by atoms with Gasteiger partial charge in [0.05, 0.1) is 0 Å². The number of likely N-dealkylation sites (N-methyl/N-ethyl adjacent to an activating group) is 1. The molecular weight excluding hydrogens is 196 g/mol. The van der Waals surface area contributed by atoms with Gasteiger partial charge in [0, 0.05) is 12.6 Å². The standard InChI is InChI=1S/C14H30N2/c1-13(2)12-16(5)11-9-7-6-8-10-15-14(3)4/h14-15H,1,6-12H2,2-5H3. The predicted octanol–water partition coefficient (Wildman–Crippen LogP) is 3.05. The summed E-state index contributed by atoms with van der Waals surface area (Å²) in [5, 5.41) is 3.45. The molecule has 0 amide bonds. The van der Waals surface area contributed by atoms with E-state index in [1.165, 1.54) is 44.3 Å². The summed E-state index contributed by atoms with van der Waals surface area (Å²) in [6.45, 7) is 13.8. The van der Waals surface area contributed by atoms with Crippen molar-refractivity contribution in [3.05, 3.63) is 12.2 Å². The van der Waals surface area contributed by atoms with Gasteiger partial charge in [-0.05, 0) is 39.9 Å². The molecule has 16 heavy (non-hydrogen) atoms. The molecule has 0 aliphatic heterocycles. The minimum Gasteiger partial charge on any atom is -0.315 e. The van der Waals surface area contributed by atoms with E-state index in [-0.39, 0.29) is 0 Å². The first-order chi connectivity index (χ1) is 7.52. The van der Waals surface area contributed by atoms with E-state index >= 15 is 0 Å². The third-order valence-corrected chi connectivity index (χ3v) is 2.56. The lowest BCUT2D eigenvalue weighted by atomic mass is 10.2. The van der Waals surface area contributed by atoms with Crippen LogP contribution in [0.3, 0.4) is 0 Å². The Hall–Kier alpha value is -0.340. The molecule has 0 spiro atoms. The molecule has 0 saturated heterocycles. The Morgan fingerprint density at radius 3 is 2.38 bits per heavy atom. The number of unbranched alkanes of at least 4 members (excludes halogenated alkanes) is 3. The summed E-state index contributed by atoms with van der Waals surface area (Å²) in [5.74, 6) is 0. The van der Waals surface area contributed by atoms with Crippen molar-refractivity contribution in [2.24, 2.45) is 0 Å². The molecule has 0 atom stereocenters. The van der Waals surface area contributed by atoms with E-state index in [1.807, 2.05) is 0 Å². The molecule has 0 heterocycles. The molecule has 0 aliphatic rings. The van der Waals surface area contributed by atoms with Crippen molar-refractivity contribution in [3.8, 4) is 0 Å². The third-order valence-electron chi connectivity index (χ3n) is 2.56. The average Bonchev–Trinajstić information content (AvgIpc) is 2.14. The lowest BCUT2D eigenvalue weighted by molar-refractivity contribution is 0.349. The summed E-state index contributed by atoms with van der Waals surface area (Å²) >= 11 is 0. The van der Waals surface area contributed by atoms with Crippen LogP contribution >= 0.6 is 0 Å². The smallest absolute Gasteiger partial charge is 0.0184 e. The summed E-state index contributed by atoms with van der Waals surface area (Å²) in [6, 6.07) is 0.627. The van der Waals surface area contributed by atoms with Gasteiger partial charge in [-0.3, -0.25) is 0 Å². The lowest BCUT2D eigenvalue weighted by Gasteiger charge is -2.16. The molecule has 0 unspecified atom stereocenters.